The van der Waals surface area contributed by atoms with E-state index in [-0.39, 0.29) is 24.5 Å². The van der Waals surface area contributed by atoms with Crippen molar-refractivity contribution in [3.05, 3.63) is 30.1 Å². The Kier molecular flexibility index (Phi) is 3.16. The quantitative estimate of drug-likeness (QED) is 0.705. The molecule has 0 aromatic carbocycles. The third-order valence-corrected chi connectivity index (χ3v) is 3.34. The van der Waals surface area contributed by atoms with Crippen LogP contribution in [-0.4, -0.2) is 65.5 Å². The average Bonchev–Trinajstić information content (AvgIpc) is 3.25. The zero-order valence-electron chi connectivity index (χ0n) is 10.5. The third kappa shape index (κ3) is 2.73. The van der Waals surface area contributed by atoms with Crippen molar-refractivity contribution >= 4 is 11.8 Å². The van der Waals surface area contributed by atoms with Gasteiger partial charge in [0.15, 0.2) is 0 Å². The van der Waals surface area contributed by atoms with Gasteiger partial charge in [0.25, 0.3) is 5.91 Å². The monoisotopic (exact) mass is 261 g/mol. The molecule has 0 N–H and O–H groups in total. The summed E-state index contributed by atoms with van der Waals surface area (Å²) in [6.45, 7) is 2.66. The first-order valence-corrected chi connectivity index (χ1v) is 6.33. The molecule has 0 radical (unpaired) electrons. The Hall–Kier alpha value is -1.95. The fraction of sp³-hybridized carbons (Fsp3) is 0.462. The van der Waals surface area contributed by atoms with Crippen LogP contribution in [0.2, 0.25) is 0 Å². The molecule has 1 aromatic rings. The molecule has 2 amide bonds. The van der Waals surface area contributed by atoms with E-state index < -0.39 is 0 Å². The first-order chi connectivity index (χ1) is 9.24. The molecule has 3 rings (SSSR count). The summed E-state index contributed by atoms with van der Waals surface area (Å²) in [5, 5.41) is 0. The van der Waals surface area contributed by atoms with Gasteiger partial charge in [-0.25, -0.2) is 0 Å². The molecule has 2 aliphatic rings. The zero-order chi connectivity index (χ0) is 13.2. The summed E-state index contributed by atoms with van der Waals surface area (Å²) in [6, 6.07) is 3.43. The maximum Gasteiger partial charge on any atom is 0.255 e. The lowest BCUT2D eigenvalue weighted by Gasteiger charge is -2.34. The predicted molar refractivity (Wildman–Crippen MR) is 66.5 cm³/mol. The second kappa shape index (κ2) is 4.97. The van der Waals surface area contributed by atoms with Crippen LogP contribution in [0.15, 0.2) is 24.5 Å². The minimum Gasteiger partial charge on any atom is -0.371 e. The number of pyridine rings is 1. The minimum atomic E-state index is -0.135. The highest BCUT2D eigenvalue weighted by Crippen LogP contribution is 2.14. The number of epoxide rings is 1. The Labute approximate surface area is 111 Å². The lowest BCUT2D eigenvalue weighted by Crippen LogP contribution is -2.53. The maximum atomic E-state index is 12.2. The Morgan fingerprint density at radius 1 is 1.47 bits per heavy atom. The normalized spacial score (nSPS) is 22.5. The maximum absolute atomic E-state index is 12.2. The van der Waals surface area contributed by atoms with Gasteiger partial charge in [0, 0.05) is 32.0 Å². The molecular formula is C13H15N3O3. The lowest BCUT2D eigenvalue weighted by atomic mass is 10.2. The number of nitrogens with zero attached hydrogens (tertiary/aromatic N) is 3. The van der Waals surface area contributed by atoms with E-state index in [1.807, 2.05) is 0 Å². The summed E-state index contributed by atoms with van der Waals surface area (Å²) in [5.41, 5.74) is 0.522. The van der Waals surface area contributed by atoms with Crippen molar-refractivity contribution in [3.63, 3.8) is 0 Å². The van der Waals surface area contributed by atoms with E-state index >= 15 is 0 Å². The topological polar surface area (TPSA) is 66.0 Å². The molecule has 19 heavy (non-hydrogen) atoms. The molecule has 3 heterocycles. The Morgan fingerprint density at radius 3 is 2.95 bits per heavy atom. The fourth-order valence-electron chi connectivity index (χ4n) is 2.17. The van der Waals surface area contributed by atoms with Crippen molar-refractivity contribution in [1.82, 2.24) is 14.8 Å². The van der Waals surface area contributed by atoms with Gasteiger partial charge in [-0.15, -0.1) is 0 Å². The number of aromatic nitrogens is 1. The number of hydrogen-bond donors (Lipinski definition) is 0. The van der Waals surface area contributed by atoms with Gasteiger partial charge in [0.2, 0.25) is 5.91 Å². The number of ether oxygens (including phenoxy) is 1. The van der Waals surface area contributed by atoms with E-state index in [1.165, 1.54) is 6.20 Å². The van der Waals surface area contributed by atoms with Gasteiger partial charge in [-0.1, -0.05) is 0 Å². The fourth-order valence-corrected chi connectivity index (χ4v) is 2.17. The molecular weight excluding hydrogens is 246 g/mol. The van der Waals surface area contributed by atoms with Gasteiger partial charge in [-0.2, -0.15) is 0 Å². The van der Waals surface area contributed by atoms with Gasteiger partial charge >= 0.3 is 0 Å². The predicted octanol–water partition coefficient (Wildman–Crippen LogP) is -0.235. The van der Waals surface area contributed by atoms with E-state index in [1.54, 1.807) is 28.1 Å². The van der Waals surface area contributed by atoms with Crippen molar-refractivity contribution in [3.8, 4) is 0 Å². The molecule has 6 nitrogen and oxygen atoms in total. The van der Waals surface area contributed by atoms with Crippen LogP contribution in [0, 0.1) is 0 Å². The molecule has 0 unspecified atom stereocenters. The summed E-state index contributed by atoms with van der Waals surface area (Å²) < 4.78 is 5.12. The van der Waals surface area contributed by atoms with E-state index in [4.69, 9.17) is 4.74 Å². The van der Waals surface area contributed by atoms with Crippen LogP contribution in [0.5, 0.6) is 0 Å². The second-order valence-electron chi connectivity index (χ2n) is 4.76. The van der Waals surface area contributed by atoms with Gasteiger partial charge < -0.3 is 14.5 Å². The molecule has 0 saturated carbocycles. The van der Waals surface area contributed by atoms with Gasteiger partial charge in [0.05, 0.1) is 18.3 Å². The van der Waals surface area contributed by atoms with Crippen molar-refractivity contribution in [1.29, 1.82) is 0 Å². The van der Waals surface area contributed by atoms with Gasteiger partial charge in [-0.05, 0) is 12.1 Å². The first-order valence-electron chi connectivity index (χ1n) is 6.33. The summed E-state index contributed by atoms with van der Waals surface area (Å²) in [6.07, 6.45) is 3.34. The van der Waals surface area contributed by atoms with Crippen LogP contribution < -0.4 is 0 Å². The summed E-state index contributed by atoms with van der Waals surface area (Å²) in [5.74, 6) is -0.150. The molecule has 2 fully saturated rings. The lowest BCUT2D eigenvalue weighted by molar-refractivity contribution is -0.135. The molecule has 0 aliphatic carbocycles. The van der Waals surface area contributed by atoms with Crippen molar-refractivity contribution < 1.29 is 14.3 Å². The molecule has 0 bridgehead atoms. The summed E-state index contributed by atoms with van der Waals surface area (Å²) >= 11 is 0. The number of hydrogen-bond acceptors (Lipinski definition) is 4. The van der Waals surface area contributed by atoms with Crippen LogP contribution in [0.1, 0.15) is 10.4 Å². The summed E-state index contributed by atoms with van der Waals surface area (Å²) in [7, 11) is 0. The molecule has 0 spiro atoms. The summed E-state index contributed by atoms with van der Waals surface area (Å²) in [4.78, 5) is 31.4. The third-order valence-electron chi connectivity index (χ3n) is 3.34. The number of rotatable bonds is 3. The van der Waals surface area contributed by atoms with E-state index in [9.17, 15) is 9.59 Å². The van der Waals surface area contributed by atoms with Crippen molar-refractivity contribution in [2.75, 3.05) is 32.8 Å². The minimum absolute atomic E-state index is 0.0148. The molecule has 1 aromatic heterocycles. The largest absolute Gasteiger partial charge is 0.371 e. The highest BCUT2D eigenvalue weighted by atomic mass is 16.6. The average molecular weight is 261 g/mol. The molecule has 1 atom stereocenters. The highest BCUT2D eigenvalue weighted by molar-refractivity contribution is 5.96. The van der Waals surface area contributed by atoms with Crippen LogP contribution in [0.4, 0.5) is 0 Å². The SMILES string of the molecule is O=C1CN(C(=O)c2cccnc2)CCN1C[C@H]1CO1. The van der Waals surface area contributed by atoms with Crippen LogP contribution in [-0.2, 0) is 9.53 Å². The van der Waals surface area contributed by atoms with E-state index in [0.29, 0.717) is 25.2 Å². The zero-order valence-corrected chi connectivity index (χ0v) is 10.5. The first kappa shape index (κ1) is 12.1. The Morgan fingerprint density at radius 2 is 2.32 bits per heavy atom. The number of piperazine rings is 1. The standard InChI is InChI=1S/C13H15N3O3/c17-12-8-16(5-4-15(12)7-11-9-19-11)13(18)10-2-1-3-14-6-10/h1-3,6,11H,4-5,7-9H2/t11-/m0/s1. The van der Waals surface area contributed by atoms with Crippen LogP contribution in [0.25, 0.3) is 0 Å². The van der Waals surface area contributed by atoms with Gasteiger partial charge in [0.1, 0.15) is 6.54 Å². The van der Waals surface area contributed by atoms with Crippen molar-refractivity contribution in [2.45, 2.75) is 6.10 Å². The smallest absolute Gasteiger partial charge is 0.255 e. The van der Waals surface area contributed by atoms with E-state index in [0.717, 1.165) is 6.61 Å². The number of amides is 2. The van der Waals surface area contributed by atoms with Crippen LogP contribution in [0.3, 0.4) is 0 Å². The van der Waals surface area contributed by atoms with E-state index in [2.05, 4.69) is 4.98 Å². The Bertz CT molecular complexity index is 487. The molecule has 100 valence electrons. The molecule has 2 saturated heterocycles. The number of carbonyl (C=O) groups is 2. The van der Waals surface area contributed by atoms with Crippen LogP contribution >= 0.6 is 0 Å². The number of carbonyl (C=O) groups excluding carboxylic acids is 2. The highest BCUT2D eigenvalue weighted by Gasteiger charge is 2.32. The van der Waals surface area contributed by atoms with Gasteiger partial charge in [-0.3, -0.25) is 14.6 Å². The molecule has 2 aliphatic heterocycles. The molecule has 6 heteroatoms. The van der Waals surface area contributed by atoms with Crippen molar-refractivity contribution in [2.24, 2.45) is 0 Å². The second-order valence-corrected chi connectivity index (χ2v) is 4.76. The Balaban J connectivity index is 1.61.